The second-order valence-corrected chi connectivity index (χ2v) is 9.31. The van der Waals surface area contributed by atoms with Crippen molar-refractivity contribution in [2.75, 3.05) is 0 Å². The first kappa shape index (κ1) is 17.7. The molecule has 0 bridgehead atoms. The lowest BCUT2D eigenvalue weighted by Gasteiger charge is -2.22. The predicted molar refractivity (Wildman–Crippen MR) is 134 cm³/mol. The van der Waals surface area contributed by atoms with Crippen LogP contribution in [0.5, 0.6) is 0 Å². The van der Waals surface area contributed by atoms with E-state index in [-0.39, 0.29) is 5.41 Å². The standard InChI is InChI=1S/C30H22N2/c1-30(2)25-12-11-19-7-3-4-8-21(19)29(25)24-17-23-22-9-5-6-10-27(22)32(28(23)18-26(24)30)20-13-15-31-16-14-20/h3-18H,1-2H3. The summed E-state index contributed by atoms with van der Waals surface area (Å²) in [5.41, 5.74) is 9.15. The van der Waals surface area contributed by atoms with Crippen molar-refractivity contribution in [3.05, 3.63) is 108 Å². The highest BCUT2D eigenvalue weighted by Crippen LogP contribution is 2.53. The maximum Gasteiger partial charge on any atom is 0.0544 e. The fraction of sp³-hybridized carbons (Fsp3) is 0.100. The van der Waals surface area contributed by atoms with Gasteiger partial charge in [0.25, 0.3) is 0 Å². The van der Waals surface area contributed by atoms with Crippen LogP contribution in [0.1, 0.15) is 25.0 Å². The van der Waals surface area contributed by atoms with Crippen molar-refractivity contribution in [2.45, 2.75) is 19.3 Å². The van der Waals surface area contributed by atoms with E-state index in [1.807, 2.05) is 12.4 Å². The molecule has 0 aliphatic heterocycles. The van der Waals surface area contributed by atoms with E-state index >= 15 is 0 Å². The van der Waals surface area contributed by atoms with Crippen LogP contribution in [0, 0.1) is 0 Å². The van der Waals surface area contributed by atoms with Crippen LogP contribution in [-0.4, -0.2) is 9.55 Å². The quantitative estimate of drug-likeness (QED) is 0.272. The lowest BCUT2D eigenvalue weighted by atomic mass is 9.82. The second kappa shape index (κ2) is 6.08. The molecule has 0 fully saturated rings. The summed E-state index contributed by atoms with van der Waals surface area (Å²) in [6.45, 7) is 4.72. The average Bonchev–Trinajstić information content (AvgIpc) is 3.27. The number of hydrogen-bond donors (Lipinski definition) is 0. The average molecular weight is 411 g/mol. The Labute approximate surface area is 186 Å². The van der Waals surface area contributed by atoms with Gasteiger partial charge in [-0.3, -0.25) is 4.98 Å². The molecule has 2 aromatic heterocycles. The number of para-hydroxylation sites is 1. The minimum absolute atomic E-state index is 0.0532. The first-order valence-electron chi connectivity index (χ1n) is 11.2. The summed E-state index contributed by atoms with van der Waals surface area (Å²) in [7, 11) is 0. The number of aromatic nitrogens is 2. The van der Waals surface area contributed by atoms with Crippen LogP contribution in [-0.2, 0) is 5.41 Å². The molecule has 0 spiro atoms. The number of fused-ring (bicyclic) bond motifs is 8. The van der Waals surface area contributed by atoms with Crippen molar-refractivity contribution in [2.24, 2.45) is 0 Å². The summed E-state index contributed by atoms with van der Waals surface area (Å²) < 4.78 is 2.38. The monoisotopic (exact) mass is 410 g/mol. The number of nitrogens with zero attached hydrogens (tertiary/aromatic N) is 2. The zero-order chi connectivity index (χ0) is 21.4. The Balaban J connectivity index is 1.66. The maximum atomic E-state index is 4.24. The van der Waals surface area contributed by atoms with Crippen molar-refractivity contribution >= 4 is 32.6 Å². The third-order valence-electron chi connectivity index (χ3n) is 7.28. The van der Waals surface area contributed by atoms with Gasteiger partial charge in [-0.05, 0) is 63.4 Å². The SMILES string of the molecule is CC1(C)c2cc3c(cc2-c2c1ccc1ccccc21)c1ccccc1n3-c1ccncc1. The zero-order valence-corrected chi connectivity index (χ0v) is 18.1. The molecule has 0 saturated heterocycles. The largest absolute Gasteiger partial charge is 0.309 e. The minimum Gasteiger partial charge on any atom is -0.309 e. The van der Waals surface area contributed by atoms with Gasteiger partial charge in [-0.1, -0.05) is 68.4 Å². The lowest BCUT2D eigenvalue weighted by Crippen LogP contribution is -2.15. The van der Waals surface area contributed by atoms with E-state index in [1.54, 1.807) is 0 Å². The molecule has 0 amide bonds. The fourth-order valence-electron chi connectivity index (χ4n) is 5.74. The molecule has 152 valence electrons. The Morgan fingerprint density at radius 3 is 2.25 bits per heavy atom. The van der Waals surface area contributed by atoms with Gasteiger partial charge < -0.3 is 4.57 Å². The molecule has 0 N–H and O–H groups in total. The summed E-state index contributed by atoms with van der Waals surface area (Å²) in [6, 6.07) is 31.1. The van der Waals surface area contributed by atoms with Crippen LogP contribution in [0.2, 0.25) is 0 Å². The van der Waals surface area contributed by atoms with Crippen molar-refractivity contribution < 1.29 is 0 Å². The highest BCUT2D eigenvalue weighted by molar-refractivity contribution is 6.13. The molecule has 1 aliphatic rings. The van der Waals surface area contributed by atoms with E-state index in [1.165, 1.54) is 54.8 Å². The van der Waals surface area contributed by atoms with Crippen LogP contribution in [0.25, 0.3) is 49.4 Å². The normalized spacial score (nSPS) is 14.2. The first-order chi connectivity index (χ1) is 15.6. The van der Waals surface area contributed by atoms with E-state index in [9.17, 15) is 0 Å². The van der Waals surface area contributed by atoms with E-state index in [0.717, 1.165) is 5.69 Å². The van der Waals surface area contributed by atoms with Gasteiger partial charge in [-0.15, -0.1) is 0 Å². The molecule has 0 radical (unpaired) electrons. The Morgan fingerprint density at radius 2 is 1.41 bits per heavy atom. The highest BCUT2D eigenvalue weighted by atomic mass is 15.0. The summed E-state index contributed by atoms with van der Waals surface area (Å²) in [4.78, 5) is 4.24. The summed E-state index contributed by atoms with van der Waals surface area (Å²) in [6.07, 6.45) is 3.74. The number of pyridine rings is 1. The van der Waals surface area contributed by atoms with Gasteiger partial charge in [0.05, 0.1) is 11.0 Å². The molecule has 0 unspecified atom stereocenters. The zero-order valence-electron chi connectivity index (χ0n) is 18.1. The molecule has 6 aromatic rings. The van der Waals surface area contributed by atoms with Gasteiger partial charge in [0.15, 0.2) is 0 Å². The maximum absolute atomic E-state index is 4.24. The van der Waals surface area contributed by atoms with Crippen molar-refractivity contribution in [3.63, 3.8) is 0 Å². The summed E-state index contributed by atoms with van der Waals surface area (Å²) in [5, 5.41) is 5.23. The molecule has 4 aromatic carbocycles. The molecular formula is C30H22N2. The third kappa shape index (κ3) is 2.17. The smallest absolute Gasteiger partial charge is 0.0544 e. The van der Waals surface area contributed by atoms with E-state index in [2.05, 4.69) is 108 Å². The molecule has 2 heterocycles. The Hall–Kier alpha value is -3.91. The molecular weight excluding hydrogens is 388 g/mol. The second-order valence-electron chi connectivity index (χ2n) is 9.31. The number of benzene rings is 4. The van der Waals surface area contributed by atoms with Crippen LogP contribution >= 0.6 is 0 Å². The first-order valence-corrected chi connectivity index (χ1v) is 11.2. The molecule has 7 rings (SSSR count). The molecule has 0 saturated carbocycles. The van der Waals surface area contributed by atoms with Gasteiger partial charge in [-0.2, -0.15) is 0 Å². The van der Waals surface area contributed by atoms with Crippen LogP contribution in [0.4, 0.5) is 0 Å². The number of rotatable bonds is 1. The topological polar surface area (TPSA) is 17.8 Å². The van der Waals surface area contributed by atoms with Gasteiger partial charge in [0.2, 0.25) is 0 Å². The lowest BCUT2D eigenvalue weighted by molar-refractivity contribution is 0.661. The summed E-state index contributed by atoms with van der Waals surface area (Å²) >= 11 is 0. The summed E-state index contributed by atoms with van der Waals surface area (Å²) in [5.74, 6) is 0. The minimum atomic E-state index is -0.0532. The fourth-order valence-corrected chi connectivity index (χ4v) is 5.74. The van der Waals surface area contributed by atoms with Gasteiger partial charge in [0, 0.05) is 34.3 Å². The van der Waals surface area contributed by atoms with Crippen LogP contribution < -0.4 is 0 Å². The van der Waals surface area contributed by atoms with Crippen molar-refractivity contribution in [1.29, 1.82) is 0 Å². The third-order valence-corrected chi connectivity index (χ3v) is 7.28. The van der Waals surface area contributed by atoms with Crippen LogP contribution in [0.15, 0.2) is 97.3 Å². The molecule has 0 atom stereocenters. The van der Waals surface area contributed by atoms with Gasteiger partial charge >= 0.3 is 0 Å². The molecule has 2 heteroatoms. The van der Waals surface area contributed by atoms with Crippen molar-refractivity contribution in [1.82, 2.24) is 9.55 Å². The predicted octanol–water partition coefficient (Wildman–Crippen LogP) is 7.64. The van der Waals surface area contributed by atoms with E-state index < -0.39 is 0 Å². The highest BCUT2D eigenvalue weighted by Gasteiger charge is 2.37. The van der Waals surface area contributed by atoms with E-state index in [0.29, 0.717) is 0 Å². The van der Waals surface area contributed by atoms with Crippen LogP contribution in [0.3, 0.4) is 0 Å². The molecule has 32 heavy (non-hydrogen) atoms. The Bertz CT molecular complexity index is 1690. The van der Waals surface area contributed by atoms with E-state index in [4.69, 9.17) is 0 Å². The Kier molecular flexibility index (Phi) is 3.37. The van der Waals surface area contributed by atoms with Gasteiger partial charge in [0.1, 0.15) is 0 Å². The van der Waals surface area contributed by atoms with Gasteiger partial charge in [-0.25, -0.2) is 0 Å². The Morgan fingerprint density at radius 1 is 0.656 bits per heavy atom. The molecule has 1 aliphatic carbocycles. The molecule has 2 nitrogen and oxygen atoms in total. The van der Waals surface area contributed by atoms with Crippen molar-refractivity contribution in [3.8, 4) is 16.8 Å². The number of hydrogen-bond acceptors (Lipinski definition) is 1.